The standard InChI is InChI=1S/C19H20N4O2S/c24-18-16-12-22(9-8-14-5-2-1-3-6-14)13-20-17(16)23(19(26)21-18)11-15-7-4-10-25-15/h1-7,10,20H,8-9,11-13H2,(H,21,24,26). The van der Waals surface area contributed by atoms with E-state index in [2.05, 4.69) is 27.3 Å². The molecule has 7 heteroatoms. The minimum Gasteiger partial charge on any atom is -0.467 e. The van der Waals surface area contributed by atoms with Gasteiger partial charge in [-0.1, -0.05) is 30.3 Å². The number of benzene rings is 1. The highest BCUT2D eigenvalue weighted by Gasteiger charge is 2.22. The summed E-state index contributed by atoms with van der Waals surface area (Å²) < 4.78 is 7.71. The molecule has 0 fully saturated rings. The lowest BCUT2D eigenvalue weighted by Gasteiger charge is -2.31. The van der Waals surface area contributed by atoms with Gasteiger partial charge in [-0.25, -0.2) is 0 Å². The zero-order valence-electron chi connectivity index (χ0n) is 14.3. The molecular weight excluding hydrogens is 348 g/mol. The molecule has 2 aromatic heterocycles. The first-order chi connectivity index (χ1) is 12.7. The molecule has 1 aliphatic rings. The van der Waals surface area contributed by atoms with Crippen LogP contribution in [0.25, 0.3) is 0 Å². The minimum atomic E-state index is -0.127. The Labute approximate surface area is 156 Å². The normalized spacial score (nSPS) is 14.0. The Bertz CT molecular complexity index is 993. The van der Waals surface area contributed by atoms with Gasteiger partial charge in [-0.3, -0.25) is 19.2 Å². The van der Waals surface area contributed by atoms with Crippen molar-refractivity contribution in [3.63, 3.8) is 0 Å². The molecule has 6 nitrogen and oxygen atoms in total. The molecule has 2 N–H and O–H groups in total. The molecule has 3 heterocycles. The fourth-order valence-electron chi connectivity index (χ4n) is 3.23. The van der Waals surface area contributed by atoms with Crippen LogP contribution >= 0.6 is 12.2 Å². The molecule has 0 saturated heterocycles. The first-order valence-electron chi connectivity index (χ1n) is 8.59. The first-order valence-corrected chi connectivity index (χ1v) is 9.00. The Morgan fingerprint density at radius 2 is 2.00 bits per heavy atom. The molecule has 1 aliphatic heterocycles. The summed E-state index contributed by atoms with van der Waals surface area (Å²) in [5.41, 5.74) is 1.88. The van der Waals surface area contributed by atoms with E-state index in [1.807, 2.05) is 34.9 Å². The summed E-state index contributed by atoms with van der Waals surface area (Å²) in [7, 11) is 0. The van der Waals surface area contributed by atoms with E-state index in [1.165, 1.54) is 5.56 Å². The second-order valence-electron chi connectivity index (χ2n) is 6.37. The van der Waals surface area contributed by atoms with Gasteiger partial charge in [0.25, 0.3) is 5.56 Å². The number of furan rings is 1. The van der Waals surface area contributed by atoms with Crippen molar-refractivity contribution in [1.82, 2.24) is 14.5 Å². The number of H-pyrrole nitrogens is 1. The second-order valence-corrected chi connectivity index (χ2v) is 6.76. The number of nitrogens with zero attached hydrogens (tertiary/aromatic N) is 2. The van der Waals surface area contributed by atoms with Crippen molar-refractivity contribution in [3.05, 3.63) is 80.7 Å². The third-order valence-electron chi connectivity index (χ3n) is 4.60. The van der Waals surface area contributed by atoms with Gasteiger partial charge in [-0.15, -0.1) is 0 Å². The van der Waals surface area contributed by atoms with E-state index in [-0.39, 0.29) is 5.56 Å². The summed E-state index contributed by atoms with van der Waals surface area (Å²) in [6.07, 6.45) is 2.58. The summed E-state index contributed by atoms with van der Waals surface area (Å²) >= 11 is 5.35. The van der Waals surface area contributed by atoms with Gasteiger partial charge in [0.1, 0.15) is 11.6 Å². The van der Waals surface area contributed by atoms with Crippen molar-refractivity contribution in [2.75, 3.05) is 18.5 Å². The van der Waals surface area contributed by atoms with Crippen molar-refractivity contribution >= 4 is 18.0 Å². The molecule has 0 amide bonds. The summed E-state index contributed by atoms with van der Waals surface area (Å²) in [5, 5.41) is 3.37. The molecule has 1 aromatic carbocycles. The topological polar surface area (TPSA) is 66.2 Å². The quantitative estimate of drug-likeness (QED) is 0.678. The van der Waals surface area contributed by atoms with Crippen LogP contribution in [0.15, 0.2) is 57.9 Å². The number of rotatable bonds is 5. The highest BCUT2D eigenvalue weighted by atomic mass is 32.1. The molecule has 4 rings (SSSR count). The van der Waals surface area contributed by atoms with Crippen molar-refractivity contribution in [2.45, 2.75) is 19.5 Å². The molecule has 134 valence electrons. The van der Waals surface area contributed by atoms with Crippen molar-refractivity contribution in [2.24, 2.45) is 0 Å². The molecule has 3 aromatic rings. The van der Waals surface area contributed by atoms with Gasteiger partial charge in [0, 0.05) is 13.1 Å². The Hall–Kier alpha value is -2.64. The lowest BCUT2D eigenvalue weighted by molar-refractivity contribution is 0.274. The van der Waals surface area contributed by atoms with Gasteiger partial charge < -0.3 is 9.73 Å². The van der Waals surface area contributed by atoms with Gasteiger partial charge in [-0.2, -0.15) is 0 Å². The maximum Gasteiger partial charge on any atom is 0.258 e. The Kier molecular flexibility index (Phi) is 4.73. The van der Waals surface area contributed by atoms with Gasteiger partial charge in [0.05, 0.1) is 25.0 Å². The number of anilines is 1. The summed E-state index contributed by atoms with van der Waals surface area (Å²) in [6, 6.07) is 14.1. The van der Waals surface area contributed by atoms with E-state index in [9.17, 15) is 4.79 Å². The first kappa shape index (κ1) is 16.8. The molecule has 0 saturated carbocycles. The van der Waals surface area contributed by atoms with Crippen LogP contribution in [0.2, 0.25) is 0 Å². The van der Waals surface area contributed by atoms with Crippen LogP contribution in [-0.2, 0) is 19.5 Å². The van der Waals surface area contributed by atoms with Crippen molar-refractivity contribution in [3.8, 4) is 0 Å². The molecule has 0 radical (unpaired) electrons. The highest BCUT2D eigenvalue weighted by Crippen LogP contribution is 2.20. The highest BCUT2D eigenvalue weighted by molar-refractivity contribution is 7.71. The molecule has 0 bridgehead atoms. The molecule has 0 unspecified atom stereocenters. The van der Waals surface area contributed by atoms with Crippen LogP contribution in [0.1, 0.15) is 16.9 Å². The van der Waals surface area contributed by atoms with Crippen LogP contribution in [-0.4, -0.2) is 27.7 Å². The maximum absolute atomic E-state index is 12.4. The molecule has 0 aliphatic carbocycles. The number of fused-ring (bicyclic) bond motifs is 1. The van der Waals surface area contributed by atoms with E-state index < -0.39 is 0 Å². The average molecular weight is 368 g/mol. The fraction of sp³-hybridized carbons (Fsp3) is 0.263. The Balaban J connectivity index is 1.55. The van der Waals surface area contributed by atoms with E-state index in [0.717, 1.165) is 24.5 Å². The van der Waals surface area contributed by atoms with Crippen LogP contribution in [0, 0.1) is 4.77 Å². The van der Waals surface area contributed by atoms with E-state index in [4.69, 9.17) is 16.6 Å². The molecule has 26 heavy (non-hydrogen) atoms. The fourth-order valence-corrected chi connectivity index (χ4v) is 3.47. The zero-order valence-corrected chi connectivity index (χ0v) is 15.1. The van der Waals surface area contributed by atoms with Gasteiger partial charge in [0.15, 0.2) is 4.77 Å². The third-order valence-corrected chi connectivity index (χ3v) is 4.92. The molecular formula is C19H20N4O2S. The largest absolute Gasteiger partial charge is 0.467 e. The summed E-state index contributed by atoms with van der Waals surface area (Å²) in [5.74, 6) is 1.58. The SMILES string of the molecule is O=c1[nH]c(=S)n(Cc2ccco2)c2c1CN(CCc1ccccc1)CN2. The average Bonchev–Trinajstić information content (AvgIpc) is 3.17. The predicted octanol–water partition coefficient (Wildman–Crippen LogP) is 2.97. The number of nitrogens with one attached hydrogen (secondary N) is 2. The van der Waals surface area contributed by atoms with Gasteiger partial charge in [-0.05, 0) is 36.3 Å². The Morgan fingerprint density at radius 3 is 2.77 bits per heavy atom. The van der Waals surface area contributed by atoms with E-state index >= 15 is 0 Å². The smallest absolute Gasteiger partial charge is 0.258 e. The molecule has 0 atom stereocenters. The maximum atomic E-state index is 12.4. The van der Waals surface area contributed by atoms with E-state index in [0.29, 0.717) is 30.1 Å². The summed E-state index contributed by atoms with van der Waals surface area (Å²) in [6.45, 7) is 2.64. The van der Waals surface area contributed by atoms with Crippen LogP contribution in [0.3, 0.4) is 0 Å². The lowest BCUT2D eigenvalue weighted by atomic mass is 10.1. The Morgan fingerprint density at radius 1 is 1.15 bits per heavy atom. The van der Waals surface area contributed by atoms with Gasteiger partial charge in [0.2, 0.25) is 0 Å². The van der Waals surface area contributed by atoms with Crippen LogP contribution in [0.5, 0.6) is 0 Å². The van der Waals surface area contributed by atoms with E-state index in [1.54, 1.807) is 6.26 Å². The van der Waals surface area contributed by atoms with Crippen molar-refractivity contribution < 1.29 is 4.42 Å². The van der Waals surface area contributed by atoms with Crippen molar-refractivity contribution in [1.29, 1.82) is 0 Å². The second kappa shape index (κ2) is 7.31. The van der Waals surface area contributed by atoms with Crippen LogP contribution in [0.4, 0.5) is 5.82 Å². The third kappa shape index (κ3) is 3.49. The molecule has 0 spiro atoms. The van der Waals surface area contributed by atoms with Crippen LogP contribution < -0.4 is 10.9 Å². The number of aromatic amines is 1. The number of hydrogen-bond acceptors (Lipinski definition) is 5. The number of hydrogen-bond donors (Lipinski definition) is 2. The lowest BCUT2D eigenvalue weighted by Crippen LogP contribution is -2.40. The predicted molar refractivity (Wildman–Crippen MR) is 103 cm³/mol. The monoisotopic (exact) mass is 368 g/mol. The zero-order chi connectivity index (χ0) is 17.9. The summed E-state index contributed by atoms with van der Waals surface area (Å²) in [4.78, 5) is 17.4. The minimum absolute atomic E-state index is 0.127. The number of aromatic nitrogens is 2. The van der Waals surface area contributed by atoms with Gasteiger partial charge >= 0.3 is 0 Å².